The molecule has 5 rings (SSSR count). The number of rotatable bonds is 7. The van der Waals surface area contributed by atoms with E-state index in [9.17, 15) is 0 Å². The molecule has 3 aliphatic heterocycles. The molecule has 0 saturated carbocycles. The van der Waals surface area contributed by atoms with Gasteiger partial charge in [-0.25, -0.2) is 0 Å². The van der Waals surface area contributed by atoms with E-state index < -0.39 is 8.32 Å². The second-order valence-corrected chi connectivity index (χ2v) is 16.0. The van der Waals surface area contributed by atoms with Crippen LogP contribution in [-0.4, -0.2) is 58.8 Å². The Bertz CT molecular complexity index is 923. The molecule has 0 aliphatic carbocycles. The SMILES string of the molecule is CC(C)(C)[Si](O[C@@H]1CCCO[C@H]1CC[C@@H]1OC[C@H]2OCCCC[C@@H]2O1)(c1ccccc1)c1ccccc1. The van der Waals surface area contributed by atoms with Crippen LogP contribution in [0.5, 0.6) is 0 Å². The fourth-order valence-corrected chi connectivity index (χ4v) is 11.0. The van der Waals surface area contributed by atoms with E-state index in [4.69, 9.17) is 23.4 Å². The first-order valence-electron chi connectivity index (χ1n) is 14.3. The van der Waals surface area contributed by atoms with E-state index in [1.165, 1.54) is 10.4 Å². The molecule has 0 radical (unpaired) electrons. The van der Waals surface area contributed by atoms with Crippen molar-refractivity contribution in [3.63, 3.8) is 0 Å². The van der Waals surface area contributed by atoms with Gasteiger partial charge in [-0.2, -0.15) is 0 Å². The summed E-state index contributed by atoms with van der Waals surface area (Å²) in [5, 5.41) is 2.58. The van der Waals surface area contributed by atoms with E-state index >= 15 is 0 Å². The molecule has 0 spiro atoms. The first kappa shape index (κ1) is 27.0. The van der Waals surface area contributed by atoms with E-state index in [-0.39, 0.29) is 35.7 Å². The molecule has 0 N–H and O–H groups in total. The summed E-state index contributed by atoms with van der Waals surface area (Å²) in [6.45, 7) is 9.25. The lowest BCUT2D eigenvalue weighted by Gasteiger charge is -2.47. The normalized spacial score (nSPS) is 29.3. The minimum atomic E-state index is -2.63. The molecule has 3 aliphatic rings. The number of hydrogen-bond acceptors (Lipinski definition) is 5. The summed E-state index contributed by atoms with van der Waals surface area (Å²) in [4.78, 5) is 0. The van der Waals surface area contributed by atoms with Gasteiger partial charge in [-0.1, -0.05) is 81.4 Å². The fraction of sp³-hybridized carbons (Fsp3) is 0.613. The van der Waals surface area contributed by atoms with Crippen molar-refractivity contribution in [1.82, 2.24) is 0 Å². The smallest absolute Gasteiger partial charge is 0.261 e. The molecular weight excluding hydrogens is 480 g/mol. The Morgan fingerprint density at radius 2 is 1.43 bits per heavy atom. The molecule has 0 bridgehead atoms. The predicted octanol–water partition coefficient (Wildman–Crippen LogP) is 5.20. The molecule has 3 heterocycles. The highest BCUT2D eigenvalue weighted by molar-refractivity contribution is 6.99. The van der Waals surface area contributed by atoms with Crippen LogP contribution in [0.1, 0.15) is 65.7 Å². The van der Waals surface area contributed by atoms with Gasteiger partial charge >= 0.3 is 0 Å². The molecule has 0 unspecified atom stereocenters. The van der Waals surface area contributed by atoms with E-state index in [1.807, 2.05) is 0 Å². The largest absolute Gasteiger partial charge is 0.402 e. The molecular formula is C31H44O5Si. The van der Waals surface area contributed by atoms with Crippen molar-refractivity contribution in [2.24, 2.45) is 0 Å². The molecule has 0 aromatic heterocycles. The maximum Gasteiger partial charge on any atom is 0.261 e. The number of fused-ring (bicyclic) bond motifs is 1. The van der Waals surface area contributed by atoms with Crippen LogP contribution in [0.2, 0.25) is 5.04 Å². The average Bonchev–Trinajstić information content (AvgIpc) is 3.16. The minimum absolute atomic E-state index is 0.0331. The molecule has 202 valence electrons. The zero-order valence-electron chi connectivity index (χ0n) is 22.8. The van der Waals surface area contributed by atoms with Crippen molar-refractivity contribution in [1.29, 1.82) is 0 Å². The van der Waals surface area contributed by atoms with Gasteiger partial charge in [-0.15, -0.1) is 0 Å². The van der Waals surface area contributed by atoms with Crippen molar-refractivity contribution < 1.29 is 23.4 Å². The first-order valence-corrected chi connectivity index (χ1v) is 16.2. The maximum atomic E-state index is 7.48. The van der Waals surface area contributed by atoms with E-state index in [0.717, 1.165) is 58.2 Å². The van der Waals surface area contributed by atoms with Crippen LogP contribution in [0, 0.1) is 0 Å². The Morgan fingerprint density at radius 1 is 0.757 bits per heavy atom. The van der Waals surface area contributed by atoms with Crippen molar-refractivity contribution in [3.8, 4) is 0 Å². The van der Waals surface area contributed by atoms with Crippen LogP contribution in [0.4, 0.5) is 0 Å². The molecule has 2 aromatic carbocycles. The van der Waals surface area contributed by atoms with Gasteiger partial charge in [0, 0.05) is 19.6 Å². The topological polar surface area (TPSA) is 46.2 Å². The van der Waals surface area contributed by atoms with Crippen molar-refractivity contribution in [3.05, 3.63) is 60.7 Å². The molecule has 0 amide bonds. The third kappa shape index (κ3) is 6.05. The van der Waals surface area contributed by atoms with Crippen LogP contribution in [0.3, 0.4) is 0 Å². The molecule has 5 atom stereocenters. The summed E-state index contributed by atoms with van der Waals surface area (Å²) in [5.41, 5.74) is 0. The van der Waals surface area contributed by atoms with Crippen LogP contribution in [0.25, 0.3) is 0 Å². The average molecular weight is 525 g/mol. The monoisotopic (exact) mass is 524 g/mol. The van der Waals surface area contributed by atoms with Crippen molar-refractivity contribution in [2.75, 3.05) is 19.8 Å². The Hall–Kier alpha value is -1.54. The molecule has 37 heavy (non-hydrogen) atoms. The second-order valence-electron chi connectivity index (χ2n) is 11.8. The summed E-state index contributed by atoms with van der Waals surface area (Å²) in [6, 6.07) is 21.8. The number of hydrogen-bond donors (Lipinski definition) is 0. The van der Waals surface area contributed by atoms with Gasteiger partial charge < -0.3 is 23.4 Å². The van der Waals surface area contributed by atoms with Gasteiger partial charge in [-0.3, -0.25) is 0 Å². The van der Waals surface area contributed by atoms with E-state index in [1.54, 1.807) is 0 Å². The Labute approximate surface area is 223 Å². The zero-order chi connectivity index (χ0) is 25.7. The lowest BCUT2D eigenvalue weighted by Crippen LogP contribution is -2.68. The van der Waals surface area contributed by atoms with Gasteiger partial charge in [-0.05, 0) is 53.9 Å². The summed E-state index contributed by atoms with van der Waals surface area (Å²) < 4.78 is 32.3. The molecule has 3 fully saturated rings. The molecule has 5 nitrogen and oxygen atoms in total. The maximum absolute atomic E-state index is 7.48. The van der Waals surface area contributed by atoms with Crippen molar-refractivity contribution >= 4 is 18.7 Å². The lowest BCUT2D eigenvalue weighted by molar-refractivity contribution is -0.262. The lowest BCUT2D eigenvalue weighted by atomic mass is 10.0. The fourth-order valence-electron chi connectivity index (χ4n) is 6.31. The van der Waals surface area contributed by atoms with Gasteiger partial charge in [0.15, 0.2) is 6.29 Å². The van der Waals surface area contributed by atoms with Gasteiger partial charge in [0.1, 0.15) is 6.10 Å². The molecule has 6 heteroatoms. The predicted molar refractivity (Wildman–Crippen MR) is 149 cm³/mol. The molecule has 3 saturated heterocycles. The summed E-state index contributed by atoms with van der Waals surface area (Å²) in [6.07, 6.45) is 7.16. The summed E-state index contributed by atoms with van der Waals surface area (Å²) in [5.74, 6) is 0. The quantitative estimate of drug-likeness (QED) is 0.466. The standard InChI is InChI=1S/C31H44O5Si/c1-31(2,3)37(24-13-6-4-7-14-24,25-15-8-5-9-16-25)36-28-18-12-22-32-26(28)19-20-30-34-23-29-27(35-30)17-10-11-21-33-29/h4-9,13-16,26-30H,10-12,17-23H2,1-3H3/t26-,27-,28+,29+,30+/m0/s1. The zero-order valence-corrected chi connectivity index (χ0v) is 23.8. The Balaban J connectivity index is 1.35. The number of ether oxygens (including phenoxy) is 4. The highest BCUT2D eigenvalue weighted by Gasteiger charge is 2.52. The highest BCUT2D eigenvalue weighted by Crippen LogP contribution is 2.39. The number of benzene rings is 2. The van der Waals surface area contributed by atoms with Crippen LogP contribution < -0.4 is 10.4 Å². The van der Waals surface area contributed by atoms with Crippen LogP contribution in [0.15, 0.2) is 60.7 Å². The second kappa shape index (κ2) is 12.1. The van der Waals surface area contributed by atoms with Crippen LogP contribution >= 0.6 is 0 Å². The minimum Gasteiger partial charge on any atom is -0.402 e. The van der Waals surface area contributed by atoms with E-state index in [0.29, 0.717) is 6.61 Å². The van der Waals surface area contributed by atoms with Crippen LogP contribution in [-0.2, 0) is 23.4 Å². The highest BCUT2D eigenvalue weighted by atomic mass is 28.4. The van der Waals surface area contributed by atoms with E-state index in [2.05, 4.69) is 81.4 Å². The Kier molecular flexibility index (Phi) is 8.84. The third-order valence-electron chi connectivity index (χ3n) is 8.21. The van der Waals surface area contributed by atoms with Crippen molar-refractivity contribution in [2.45, 2.75) is 101 Å². The first-order chi connectivity index (χ1) is 18.0. The van der Waals surface area contributed by atoms with Gasteiger partial charge in [0.05, 0.1) is 24.9 Å². The molecule has 2 aromatic rings. The Morgan fingerprint density at radius 3 is 2.11 bits per heavy atom. The van der Waals surface area contributed by atoms with Gasteiger partial charge in [0.2, 0.25) is 0 Å². The third-order valence-corrected chi connectivity index (χ3v) is 13.3. The summed E-state index contributed by atoms with van der Waals surface area (Å²) >= 11 is 0. The summed E-state index contributed by atoms with van der Waals surface area (Å²) in [7, 11) is -2.63. The van der Waals surface area contributed by atoms with Gasteiger partial charge in [0.25, 0.3) is 8.32 Å².